The molecule has 126 valence electrons. The van der Waals surface area contributed by atoms with Crippen LogP contribution in [-0.2, 0) is 0 Å². The van der Waals surface area contributed by atoms with Crippen molar-refractivity contribution in [1.82, 2.24) is 19.9 Å². The summed E-state index contributed by atoms with van der Waals surface area (Å²) in [5.41, 5.74) is 0.990. The van der Waals surface area contributed by atoms with Crippen molar-refractivity contribution in [2.75, 3.05) is 18.4 Å². The van der Waals surface area contributed by atoms with Gasteiger partial charge in [-0.05, 0) is 44.1 Å². The minimum atomic E-state index is 0.0842. The van der Waals surface area contributed by atoms with Crippen LogP contribution in [0.2, 0.25) is 0 Å². The Kier molecular flexibility index (Phi) is 3.96. The van der Waals surface area contributed by atoms with E-state index in [2.05, 4.69) is 20.3 Å². The average Bonchev–Trinajstić information content (AvgIpc) is 3.01. The summed E-state index contributed by atoms with van der Waals surface area (Å²) in [6.07, 6.45) is 7.96. The SMILES string of the molecule is Cc1nc(C(=O)N2CCC3(CC2)CC(Nc2ncccn2)C3)cs1. The zero-order chi connectivity index (χ0) is 16.6. The van der Waals surface area contributed by atoms with Gasteiger partial charge in [0.25, 0.3) is 5.91 Å². The Morgan fingerprint density at radius 3 is 2.62 bits per heavy atom. The number of hydrogen-bond acceptors (Lipinski definition) is 6. The molecular formula is C17H21N5OS. The van der Waals surface area contributed by atoms with Crippen molar-refractivity contribution >= 4 is 23.2 Å². The number of anilines is 1. The lowest BCUT2D eigenvalue weighted by Crippen LogP contribution is -2.52. The maximum absolute atomic E-state index is 12.5. The molecule has 1 saturated heterocycles. The van der Waals surface area contributed by atoms with Gasteiger partial charge in [0.1, 0.15) is 5.69 Å². The average molecular weight is 343 g/mol. The van der Waals surface area contributed by atoms with E-state index in [-0.39, 0.29) is 5.91 Å². The van der Waals surface area contributed by atoms with E-state index >= 15 is 0 Å². The van der Waals surface area contributed by atoms with Gasteiger partial charge in [-0.25, -0.2) is 15.0 Å². The molecule has 2 fully saturated rings. The zero-order valence-corrected chi connectivity index (χ0v) is 14.6. The van der Waals surface area contributed by atoms with Gasteiger partial charge in [0, 0.05) is 36.9 Å². The van der Waals surface area contributed by atoms with Crippen LogP contribution >= 0.6 is 11.3 Å². The van der Waals surface area contributed by atoms with Crippen LogP contribution in [0.1, 0.15) is 41.2 Å². The standard InChI is InChI=1S/C17H21N5OS/c1-12-20-14(11-24-12)15(23)22-7-3-17(4-8-22)9-13(10-17)21-16-18-5-2-6-19-16/h2,5-6,11,13H,3-4,7-10H2,1H3,(H,18,19,21). The van der Waals surface area contributed by atoms with Crippen molar-refractivity contribution in [1.29, 1.82) is 0 Å². The molecule has 1 aliphatic carbocycles. The molecule has 1 N–H and O–H groups in total. The summed E-state index contributed by atoms with van der Waals surface area (Å²) in [6.45, 7) is 3.61. The van der Waals surface area contributed by atoms with Crippen LogP contribution in [0.25, 0.3) is 0 Å². The van der Waals surface area contributed by atoms with Crippen LogP contribution in [-0.4, -0.2) is 44.9 Å². The highest BCUT2D eigenvalue weighted by Crippen LogP contribution is 2.49. The molecule has 4 rings (SSSR count). The summed E-state index contributed by atoms with van der Waals surface area (Å²) in [5.74, 6) is 0.796. The lowest BCUT2D eigenvalue weighted by atomic mass is 9.60. The van der Waals surface area contributed by atoms with Crippen LogP contribution in [0.5, 0.6) is 0 Å². The molecule has 0 aromatic carbocycles. The van der Waals surface area contributed by atoms with Gasteiger partial charge in [-0.2, -0.15) is 0 Å². The van der Waals surface area contributed by atoms with E-state index in [0.29, 0.717) is 23.1 Å². The minimum absolute atomic E-state index is 0.0842. The number of thiazole rings is 1. The second-order valence-electron chi connectivity index (χ2n) is 6.87. The first-order valence-corrected chi connectivity index (χ1v) is 9.27. The Morgan fingerprint density at radius 2 is 2.00 bits per heavy atom. The molecule has 0 atom stereocenters. The predicted molar refractivity (Wildman–Crippen MR) is 93.1 cm³/mol. The van der Waals surface area contributed by atoms with Crippen molar-refractivity contribution in [3.8, 4) is 0 Å². The summed E-state index contributed by atoms with van der Waals surface area (Å²) in [5, 5.41) is 6.21. The van der Waals surface area contributed by atoms with Gasteiger partial charge in [0.05, 0.1) is 5.01 Å². The van der Waals surface area contributed by atoms with Gasteiger partial charge in [-0.1, -0.05) is 0 Å². The topological polar surface area (TPSA) is 71.0 Å². The van der Waals surface area contributed by atoms with Crippen molar-refractivity contribution in [2.24, 2.45) is 5.41 Å². The van der Waals surface area contributed by atoms with Crippen LogP contribution in [0, 0.1) is 12.3 Å². The number of piperidine rings is 1. The van der Waals surface area contributed by atoms with Gasteiger partial charge in [-0.3, -0.25) is 4.79 Å². The number of likely N-dealkylation sites (tertiary alicyclic amines) is 1. The number of nitrogens with one attached hydrogen (secondary N) is 1. The van der Waals surface area contributed by atoms with Crippen LogP contribution in [0.15, 0.2) is 23.8 Å². The molecule has 3 heterocycles. The fourth-order valence-electron chi connectivity index (χ4n) is 3.86. The number of aryl methyl sites for hydroxylation is 1. The predicted octanol–water partition coefficient (Wildman–Crippen LogP) is 2.74. The molecule has 2 aromatic rings. The van der Waals surface area contributed by atoms with Gasteiger partial charge in [-0.15, -0.1) is 11.3 Å². The van der Waals surface area contributed by atoms with Crippen molar-refractivity contribution in [3.05, 3.63) is 34.5 Å². The molecule has 2 aromatic heterocycles. The lowest BCUT2D eigenvalue weighted by Gasteiger charge is -2.52. The first-order chi connectivity index (χ1) is 11.6. The molecule has 24 heavy (non-hydrogen) atoms. The monoisotopic (exact) mass is 343 g/mol. The second kappa shape index (κ2) is 6.12. The Bertz CT molecular complexity index is 716. The molecule has 7 heteroatoms. The number of rotatable bonds is 3. The molecule has 6 nitrogen and oxygen atoms in total. The summed E-state index contributed by atoms with van der Waals surface area (Å²) in [6, 6.07) is 2.28. The number of carbonyl (C=O) groups excluding carboxylic acids is 1. The highest BCUT2D eigenvalue weighted by Gasteiger charge is 2.46. The third-order valence-electron chi connectivity index (χ3n) is 5.21. The summed E-state index contributed by atoms with van der Waals surface area (Å²) in [4.78, 5) is 27.2. The van der Waals surface area contributed by atoms with Gasteiger partial charge in [0.15, 0.2) is 0 Å². The Labute approximate surface area is 145 Å². The Morgan fingerprint density at radius 1 is 1.29 bits per heavy atom. The maximum Gasteiger partial charge on any atom is 0.273 e. The fourth-order valence-corrected chi connectivity index (χ4v) is 4.45. The van der Waals surface area contributed by atoms with Gasteiger partial charge >= 0.3 is 0 Å². The molecule has 1 aliphatic heterocycles. The maximum atomic E-state index is 12.5. The number of amides is 1. The number of hydrogen-bond donors (Lipinski definition) is 1. The van der Waals surface area contributed by atoms with Crippen molar-refractivity contribution in [2.45, 2.75) is 38.6 Å². The number of carbonyl (C=O) groups is 1. The molecule has 2 aliphatic rings. The van der Waals surface area contributed by atoms with Crippen LogP contribution in [0.3, 0.4) is 0 Å². The molecule has 1 amide bonds. The summed E-state index contributed by atoms with van der Waals surface area (Å²) < 4.78 is 0. The van der Waals surface area contributed by atoms with Crippen molar-refractivity contribution in [3.63, 3.8) is 0 Å². The Hall–Kier alpha value is -2.02. The quantitative estimate of drug-likeness (QED) is 0.928. The minimum Gasteiger partial charge on any atom is -0.351 e. The fraction of sp³-hybridized carbons (Fsp3) is 0.529. The number of aromatic nitrogens is 3. The molecule has 1 saturated carbocycles. The van der Waals surface area contributed by atoms with E-state index < -0.39 is 0 Å². The lowest BCUT2D eigenvalue weighted by molar-refractivity contribution is 0.0215. The first-order valence-electron chi connectivity index (χ1n) is 8.39. The highest BCUT2D eigenvalue weighted by molar-refractivity contribution is 7.09. The molecular weight excluding hydrogens is 322 g/mol. The smallest absolute Gasteiger partial charge is 0.273 e. The van der Waals surface area contributed by atoms with Crippen LogP contribution < -0.4 is 5.32 Å². The third kappa shape index (κ3) is 3.00. The van der Waals surface area contributed by atoms with E-state index in [1.54, 1.807) is 12.4 Å². The first kappa shape index (κ1) is 15.5. The second-order valence-corrected chi connectivity index (χ2v) is 7.93. The van der Waals surface area contributed by atoms with E-state index in [9.17, 15) is 4.79 Å². The molecule has 0 radical (unpaired) electrons. The Balaban J connectivity index is 1.29. The summed E-state index contributed by atoms with van der Waals surface area (Å²) >= 11 is 1.53. The van der Waals surface area contributed by atoms with E-state index in [1.807, 2.05) is 23.3 Å². The van der Waals surface area contributed by atoms with Crippen molar-refractivity contribution < 1.29 is 4.79 Å². The van der Waals surface area contributed by atoms with E-state index in [1.165, 1.54) is 11.3 Å². The van der Waals surface area contributed by atoms with Gasteiger partial charge < -0.3 is 10.2 Å². The normalized spacial score (nSPS) is 20.0. The third-order valence-corrected chi connectivity index (χ3v) is 5.98. The van der Waals surface area contributed by atoms with Crippen LogP contribution in [0.4, 0.5) is 5.95 Å². The van der Waals surface area contributed by atoms with Gasteiger partial charge in [0.2, 0.25) is 5.95 Å². The number of nitrogens with zero attached hydrogens (tertiary/aromatic N) is 4. The summed E-state index contributed by atoms with van der Waals surface area (Å²) in [7, 11) is 0. The van der Waals surface area contributed by atoms with E-state index in [4.69, 9.17) is 0 Å². The highest BCUT2D eigenvalue weighted by atomic mass is 32.1. The molecule has 0 bridgehead atoms. The molecule has 1 spiro atoms. The largest absolute Gasteiger partial charge is 0.351 e. The molecule has 0 unspecified atom stereocenters. The van der Waals surface area contributed by atoms with E-state index in [0.717, 1.165) is 43.8 Å². The zero-order valence-electron chi connectivity index (χ0n) is 13.7.